The minimum absolute atomic E-state index is 0.0540. The van der Waals surface area contributed by atoms with Crippen molar-refractivity contribution in [2.24, 2.45) is 33.7 Å². The molecule has 0 aromatic heterocycles. The number of rotatable bonds is 16. The fraction of sp³-hybridized carbons (Fsp3) is 0.588. The van der Waals surface area contributed by atoms with E-state index in [9.17, 15) is 33.9 Å². The minimum atomic E-state index is -1.68. The number of carboxylic acid groups (broad SMARTS) is 1. The number of aliphatic imine (C=N–C) groups is 1. The van der Waals surface area contributed by atoms with Gasteiger partial charge in [-0.25, -0.2) is 4.79 Å². The Morgan fingerprint density at radius 2 is 1.24 bits per heavy atom. The average molecular weight is 489 g/mol. The summed E-state index contributed by atoms with van der Waals surface area (Å²) in [6.07, 6.45) is -1.34. The first kappa shape index (κ1) is 30.0. The maximum atomic E-state index is 12.7. The predicted octanol–water partition coefficient (Wildman–Crippen LogP) is -6.35. The number of guanidine groups is 1. The van der Waals surface area contributed by atoms with E-state index in [1.807, 2.05) is 0 Å². The summed E-state index contributed by atoms with van der Waals surface area (Å²) in [5.41, 5.74) is 25.9. The summed E-state index contributed by atoms with van der Waals surface area (Å²) in [5.74, 6) is -6.73. The number of nitrogens with two attached hydrogens (primary N) is 5. The fourth-order valence-corrected chi connectivity index (χ4v) is 2.49. The van der Waals surface area contributed by atoms with Crippen LogP contribution in [0.15, 0.2) is 4.99 Å². The molecule has 0 heterocycles. The molecule has 0 aromatic carbocycles. The molecule has 0 spiro atoms. The van der Waals surface area contributed by atoms with Crippen molar-refractivity contribution in [1.82, 2.24) is 16.0 Å². The van der Waals surface area contributed by atoms with Crippen molar-refractivity contribution in [3.8, 4) is 0 Å². The van der Waals surface area contributed by atoms with Crippen LogP contribution in [0.25, 0.3) is 0 Å². The summed E-state index contributed by atoms with van der Waals surface area (Å²) in [4.78, 5) is 74.7. The van der Waals surface area contributed by atoms with Crippen molar-refractivity contribution in [1.29, 1.82) is 0 Å². The highest BCUT2D eigenvalue weighted by Gasteiger charge is 2.31. The molecule has 0 aliphatic rings. The van der Waals surface area contributed by atoms with E-state index < -0.39 is 79.1 Å². The van der Waals surface area contributed by atoms with Crippen LogP contribution in [0.5, 0.6) is 0 Å². The van der Waals surface area contributed by atoms with Gasteiger partial charge in [-0.3, -0.25) is 29.0 Å². The summed E-state index contributed by atoms with van der Waals surface area (Å²) in [6.45, 7) is -0.693. The number of amides is 5. The number of carboxylic acids is 1. The van der Waals surface area contributed by atoms with E-state index in [0.717, 1.165) is 0 Å². The highest BCUT2D eigenvalue weighted by Crippen LogP contribution is 2.04. The zero-order chi connectivity index (χ0) is 26.4. The molecule has 0 saturated heterocycles. The van der Waals surface area contributed by atoms with Gasteiger partial charge in [0.1, 0.15) is 24.2 Å². The molecule has 0 aliphatic carbocycles. The van der Waals surface area contributed by atoms with Crippen molar-refractivity contribution in [3.63, 3.8) is 0 Å². The fourth-order valence-electron chi connectivity index (χ4n) is 2.49. The van der Waals surface area contributed by atoms with Crippen LogP contribution < -0.4 is 44.6 Å². The molecule has 17 nitrogen and oxygen atoms in total. The monoisotopic (exact) mass is 489 g/mol. The standard InChI is InChI=1S/C17H31N9O8/c18-7(6-27)13(30)25-9(4-11(19)28)15(32)24-8(2-1-3-23-17(21)22)14(31)26-10(16(33)34)5-12(20)29/h7-10,27H,1-6,18H2,(H2,19,28)(H2,20,29)(H,24,32)(H,25,30)(H,26,31)(H,33,34)(H4,21,22,23). The van der Waals surface area contributed by atoms with Crippen LogP contribution in [0.2, 0.25) is 0 Å². The quantitative estimate of drug-likeness (QED) is 0.0551. The van der Waals surface area contributed by atoms with Crippen LogP contribution in [0.4, 0.5) is 0 Å². The van der Waals surface area contributed by atoms with Gasteiger partial charge in [0.15, 0.2) is 5.96 Å². The zero-order valence-electron chi connectivity index (χ0n) is 18.2. The van der Waals surface area contributed by atoms with Crippen molar-refractivity contribution < 1.29 is 39.0 Å². The van der Waals surface area contributed by atoms with Crippen molar-refractivity contribution in [2.45, 2.75) is 49.9 Å². The second-order valence-corrected chi connectivity index (χ2v) is 7.10. The SMILES string of the molecule is NC(=O)CC(NC(=O)C(CCCN=C(N)N)NC(=O)C(CC(N)=O)NC(=O)C(N)CO)C(=O)O. The van der Waals surface area contributed by atoms with Gasteiger partial charge in [-0.15, -0.1) is 0 Å². The summed E-state index contributed by atoms with van der Waals surface area (Å²) < 4.78 is 0. The lowest BCUT2D eigenvalue weighted by Crippen LogP contribution is -2.58. The van der Waals surface area contributed by atoms with Crippen LogP contribution in [-0.4, -0.2) is 89.0 Å². The lowest BCUT2D eigenvalue weighted by molar-refractivity contribution is -0.144. The third kappa shape index (κ3) is 12.2. The normalized spacial score (nSPS) is 13.9. The molecule has 17 heteroatoms. The maximum Gasteiger partial charge on any atom is 0.326 e. The van der Waals surface area contributed by atoms with E-state index in [1.54, 1.807) is 0 Å². The Balaban J connectivity index is 5.63. The molecule has 34 heavy (non-hydrogen) atoms. The summed E-state index contributed by atoms with van der Waals surface area (Å²) in [6, 6.07) is -6.02. The third-order valence-electron chi connectivity index (χ3n) is 4.17. The predicted molar refractivity (Wildman–Crippen MR) is 116 cm³/mol. The molecule has 0 radical (unpaired) electrons. The highest BCUT2D eigenvalue weighted by atomic mass is 16.4. The Bertz CT molecular complexity index is 800. The van der Waals surface area contributed by atoms with E-state index in [0.29, 0.717) is 0 Å². The van der Waals surface area contributed by atoms with E-state index in [2.05, 4.69) is 20.9 Å². The van der Waals surface area contributed by atoms with Gasteiger partial charge in [-0.05, 0) is 12.8 Å². The Hall–Kier alpha value is -3.99. The van der Waals surface area contributed by atoms with Gasteiger partial charge in [0.25, 0.3) is 0 Å². The molecule has 4 unspecified atom stereocenters. The summed E-state index contributed by atoms with van der Waals surface area (Å²) >= 11 is 0. The van der Waals surface area contributed by atoms with Gasteiger partial charge in [0, 0.05) is 6.54 Å². The van der Waals surface area contributed by atoms with Gasteiger partial charge in [-0.2, -0.15) is 0 Å². The van der Waals surface area contributed by atoms with Crippen LogP contribution in [0.3, 0.4) is 0 Å². The zero-order valence-corrected chi connectivity index (χ0v) is 18.2. The van der Waals surface area contributed by atoms with Crippen molar-refractivity contribution >= 4 is 41.5 Å². The molecule has 0 rings (SSSR count). The molecular formula is C17H31N9O8. The molecule has 15 N–H and O–H groups in total. The van der Waals surface area contributed by atoms with Crippen molar-refractivity contribution in [3.05, 3.63) is 0 Å². The van der Waals surface area contributed by atoms with Gasteiger partial charge < -0.3 is 54.8 Å². The molecule has 5 amide bonds. The Labute approximate surface area is 193 Å². The third-order valence-corrected chi connectivity index (χ3v) is 4.17. The van der Waals surface area contributed by atoms with Gasteiger partial charge in [0.05, 0.1) is 19.4 Å². The number of carbonyl (C=O) groups excluding carboxylic acids is 5. The first-order chi connectivity index (χ1) is 15.8. The van der Waals surface area contributed by atoms with Crippen LogP contribution in [0, 0.1) is 0 Å². The second kappa shape index (κ2) is 15.0. The number of nitrogens with zero attached hydrogens (tertiary/aromatic N) is 1. The number of primary amides is 2. The number of aliphatic carboxylic acids is 1. The van der Waals surface area contributed by atoms with Gasteiger partial charge >= 0.3 is 5.97 Å². The number of hydrogen-bond acceptors (Lipinski definition) is 9. The van der Waals surface area contributed by atoms with Crippen LogP contribution in [-0.2, 0) is 28.8 Å². The Kier molecular flexibility index (Phi) is 13.2. The van der Waals surface area contributed by atoms with Crippen molar-refractivity contribution in [2.75, 3.05) is 13.2 Å². The maximum absolute atomic E-state index is 12.7. The van der Waals surface area contributed by atoms with Crippen LogP contribution >= 0.6 is 0 Å². The molecule has 0 aromatic rings. The number of hydrogen-bond donors (Lipinski definition) is 10. The number of aliphatic hydroxyl groups excluding tert-OH is 1. The van der Waals surface area contributed by atoms with E-state index in [-0.39, 0.29) is 25.3 Å². The number of nitrogens with one attached hydrogen (secondary N) is 3. The van der Waals surface area contributed by atoms with Gasteiger partial charge in [-0.1, -0.05) is 0 Å². The second-order valence-electron chi connectivity index (χ2n) is 7.10. The van der Waals surface area contributed by atoms with E-state index >= 15 is 0 Å². The minimum Gasteiger partial charge on any atom is -0.480 e. The molecule has 0 saturated carbocycles. The van der Waals surface area contributed by atoms with E-state index in [4.69, 9.17) is 33.8 Å². The largest absolute Gasteiger partial charge is 0.480 e. The molecule has 0 aliphatic heterocycles. The van der Waals surface area contributed by atoms with E-state index in [1.165, 1.54) is 0 Å². The summed E-state index contributed by atoms with van der Waals surface area (Å²) in [5, 5.41) is 24.6. The first-order valence-corrected chi connectivity index (χ1v) is 9.90. The molecule has 0 bridgehead atoms. The lowest BCUT2D eigenvalue weighted by atomic mass is 10.1. The van der Waals surface area contributed by atoms with Gasteiger partial charge in [0.2, 0.25) is 29.5 Å². The van der Waals surface area contributed by atoms with Crippen LogP contribution in [0.1, 0.15) is 25.7 Å². The smallest absolute Gasteiger partial charge is 0.326 e. The molecule has 4 atom stereocenters. The topological polar surface area (TPSA) is 321 Å². The lowest BCUT2D eigenvalue weighted by Gasteiger charge is -2.24. The summed E-state index contributed by atoms with van der Waals surface area (Å²) in [7, 11) is 0. The number of carbonyl (C=O) groups is 6. The molecule has 0 fully saturated rings. The average Bonchev–Trinajstić information content (AvgIpc) is 2.72. The Morgan fingerprint density at radius 1 is 0.765 bits per heavy atom. The number of aliphatic hydroxyl groups is 1. The highest BCUT2D eigenvalue weighted by molar-refractivity contribution is 5.96. The molecule has 192 valence electrons. The first-order valence-electron chi connectivity index (χ1n) is 9.90. The molecular weight excluding hydrogens is 458 g/mol. The Morgan fingerprint density at radius 3 is 1.71 bits per heavy atom.